The fourth-order valence-electron chi connectivity index (χ4n) is 3.62. The Hall–Kier alpha value is -2.88. The second kappa shape index (κ2) is 10.1. The van der Waals surface area contributed by atoms with Crippen LogP contribution in [0.1, 0.15) is 11.1 Å². The van der Waals surface area contributed by atoms with Gasteiger partial charge in [0.25, 0.3) is 0 Å². The minimum Gasteiger partial charge on any atom is -0.457 e. The van der Waals surface area contributed by atoms with Crippen molar-refractivity contribution in [3.63, 3.8) is 0 Å². The first kappa shape index (κ1) is 19.4. The summed E-state index contributed by atoms with van der Waals surface area (Å²) in [6.45, 7) is 6.41. The van der Waals surface area contributed by atoms with Gasteiger partial charge in [0, 0.05) is 39.3 Å². The van der Waals surface area contributed by atoms with Gasteiger partial charge in [-0.05, 0) is 35.4 Å². The van der Waals surface area contributed by atoms with Crippen LogP contribution >= 0.6 is 0 Å². The van der Waals surface area contributed by atoms with Crippen LogP contribution in [0.5, 0.6) is 11.5 Å². The van der Waals surface area contributed by atoms with Crippen molar-refractivity contribution in [1.82, 2.24) is 9.80 Å². The van der Waals surface area contributed by atoms with Crippen LogP contribution in [0, 0.1) is 0 Å². The van der Waals surface area contributed by atoms with E-state index >= 15 is 0 Å². The lowest BCUT2D eigenvalue weighted by Gasteiger charge is -2.34. The average Bonchev–Trinajstić information content (AvgIpc) is 2.77. The van der Waals surface area contributed by atoms with E-state index in [0.29, 0.717) is 0 Å². The quantitative estimate of drug-likeness (QED) is 0.549. The molecule has 1 aliphatic rings. The molecule has 1 aliphatic heterocycles. The van der Waals surface area contributed by atoms with Crippen molar-refractivity contribution in [2.75, 3.05) is 32.7 Å². The van der Waals surface area contributed by atoms with Gasteiger partial charge in [0.2, 0.25) is 0 Å². The highest BCUT2D eigenvalue weighted by Crippen LogP contribution is 2.22. The maximum Gasteiger partial charge on any atom is 0.127 e. The fourth-order valence-corrected chi connectivity index (χ4v) is 3.62. The maximum absolute atomic E-state index is 5.97. The first-order chi connectivity index (χ1) is 14.3. The second-order valence-electron chi connectivity index (χ2n) is 7.45. The monoisotopic (exact) mass is 384 g/mol. The summed E-state index contributed by atoms with van der Waals surface area (Å²) < 4.78 is 5.97. The summed E-state index contributed by atoms with van der Waals surface area (Å²) in [5.41, 5.74) is 2.57. The Morgan fingerprint density at radius 1 is 0.690 bits per heavy atom. The minimum atomic E-state index is 0.877. The summed E-state index contributed by atoms with van der Waals surface area (Å²) in [5, 5.41) is 0. The van der Waals surface area contributed by atoms with Crippen molar-refractivity contribution in [2.24, 2.45) is 0 Å². The lowest BCUT2D eigenvalue weighted by atomic mass is 10.2. The first-order valence-electron chi connectivity index (χ1n) is 10.3. The van der Waals surface area contributed by atoms with Crippen LogP contribution in [0.4, 0.5) is 0 Å². The van der Waals surface area contributed by atoms with Crippen LogP contribution in [0.15, 0.2) is 91.0 Å². The largest absolute Gasteiger partial charge is 0.457 e. The Bertz CT molecular complexity index is 900. The normalized spacial score (nSPS) is 15.6. The molecule has 3 nitrogen and oxygen atoms in total. The smallest absolute Gasteiger partial charge is 0.127 e. The molecule has 0 N–H and O–H groups in total. The van der Waals surface area contributed by atoms with Crippen molar-refractivity contribution in [2.45, 2.75) is 6.54 Å². The van der Waals surface area contributed by atoms with E-state index in [1.54, 1.807) is 0 Å². The Morgan fingerprint density at radius 3 is 2.10 bits per heavy atom. The van der Waals surface area contributed by atoms with Gasteiger partial charge < -0.3 is 4.74 Å². The van der Waals surface area contributed by atoms with Crippen LogP contribution in [-0.4, -0.2) is 42.5 Å². The summed E-state index contributed by atoms with van der Waals surface area (Å²) >= 11 is 0. The molecule has 0 amide bonds. The van der Waals surface area contributed by atoms with Crippen LogP contribution in [0.3, 0.4) is 0 Å². The molecule has 0 atom stereocenters. The molecule has 0 aliphatic carbocycles. The van der Waals surface area contributed by atoms with E-state index in [9.17, 15) is 0 Å². The zero-order valence-electron chi connectivity index (χ0n) is 16.8. The van der Waals surface area contributed by atoms with Crippen molar-refractivity contribution in [1.29, 1.82) is 0 Å². The van der Waals surface area contributed by atoms with E-state index < -0.39 is 0 Å². The van der Waals surface area contributed by atoms with E-state index in [1.165, 1.54) is 11.1 Å². The number of para-hydroxylation sites is 1. The Morgan fingerprint density at radius 2 is 1.34 bits per heavy atom. The van der Waals surface area contributed by atoms with Gasteiger partial charge in [-0.25, -0.2) is 0 Å². The molecule has 0 unspecified atom stereocenters. The van der Waals surface area contributed by atoms with Crippen molar-refractivity contribution in [3.05, 3.63) is 102 Å². The number of ether oxygens (including phenoxy) is 1. The van der Waals surface area contributed by atoms with Gasteiger partial charge in [-0.1, -0.05) is 72.8 Å². The Labute approximate surface area is 173 Å². The van der Waals surface area contributed by atoms with Crippen molar-refractivity contribution >= 4 is 6.08 Å². The SMILES string of the molecule is C(=C\c1ccccc1)/CN1CCN(Cc2cccc(Oc3ccccc3)c2)CC1. The summed E-state index contributed by atoms with van der Waals surface area (Å²) in [6.07, 6.45) is 4.49. The summed E-state index contributed by atoms with van der Waals surface area (Å²) in [7, 11) is 0. The van der Waals surface area contributed by atoms with Crippen LogP contribution in [0.25, 0.3) is 6.08 Å². The van der Waals surface area contributed by atoms with E-state index in [4.69, 9.17) is 4.74 Å². The number of nitrogens with zero attached hydrogens (tertiary/aromatic N) is 2. The molecule has 4 rings (SSSR count). The first-order valence-corrected chi connectivity index (χ1v) is 10.3. The molecule has 29 heavy (non-hydrogen) atoms. The van der Waals surface area contributed by atoms with Gasteiger partial charge in [-0.3, -0.25) is 9.80 Å². The molecule has 1 heterocycles. The number of piperazine rings is 1. The number of rotatable bonds is 7. The van der Waals surface area contributed by atoms with Crippen LogP contribution in [0.2, 0.25) is 0 Å². The Balaban J connectivity index is 1.24. The molecule has 3 aromatic carbocycles. The minimum absolute atomic E-state index is 0.877. The lowest BCUT2D eigenvalue weighted by Crippen LogP contribution is -2.45. The number of benzene rings is 3. The lowest BCUT2D eigenvalue weighted by molar-refractivity contribution is 0.137. The molecule has 1 fully saturated rings. The highest BCUT2D eigenvalue weighted by molar-refractivity contribution is 5.48. The van der Waals surface area contributed by atoms with Crippen molar-refractivity contribution in [3.8, 4) is 11.5 Å². The summed E-state index contributed by atoms with van der Waals surface area (Å²) in [4.78, 5) is 5.05. The van der Waals surface area contributed by atoms with E-state index in [0.717, 1.165) is 50.8 Å². The molecule has 0 radical (unpaired) electrons. The third-order valence-corrected chi connectivity index (χ3v) is 5.22. The molecule has 1 saturated heterocycles. The molecular formula is C26H28N2O. The van der Waals surface area contributed by atoms with Gasteiger partial charge in [0.15, 0.2) is 0 Å². The number of hydrogen-bond acceptors (Lipinski definition) is 3. The van der Waals surface area contributed by atoms with Gasteiger partial charge in [-0.15, -0.1) is 0 Å². The summed E-state index contributed by atoms with van der Waals surface area (Å²) in [5.74, 6) is 1.78. The standard InChI is InChI=1S/C26H28N2O/c1-3-9-23(10-4-1)12-8-16-27-17-19-28(20-18-27)22-24-11-7-15-26(21-24)29-25-13-5-2-6-14-25/h1-15,21H,16-20,22H2/b12-8+. The predicted molar refractivity (Wildman–Crippen MR) is 120 cm³/mol. The zero-order valence-corrected chi connectivity index (χ0v) is 16.8. The second-order valence-corrected chi connectivity index (χ2v) is 7.45. The highest BCUT2D eigenvalue weighted by atomic mass is 16.5. The molecule has 0 spiro atoms. The fraction of sp³-hybridized carbons (Fsp3) is 0.231. The topological polar surface area (TPSA) is 15.7 Å². The summed E-state index contributed by atoms with van der Waals surface area (Å²) in [6, 6.07) is 28.9. The molecule has 3 heteroatoms. The molecule has 0 saturated carbocycles. The predicted octanol–water partition coefficient (Wildman–Crippen LogP) is 5.31. The molecule has 3 aromatic rings. The zero-order chi connectivity index (χ0) is 19.7. The van der Waals surface area contributed by atoms with Gasteiger partial charge in [0.1, 0.15) is 11.5 Å². The molecule has 148 valence electrons. The van der Waals surface area contributed by atoms with E-state index in [1.807, 2.05) is 36.4 Å². The van der Waals surface area contributed by atoms with E-state index in [2.05, 4.69) is 70.5 Å². The average molecular weight is 385 g/mol. The molecular weight excluding hydrogens is 356 g/mol. The third-order valence-electron chi connectivity index (χ3n) is 5.22. The molecule has 0 aromatic heterocycles. The van der Waals surface area contributed by atoms with Gasteiger partial charge in [-0.2, -0.15) is 0 Å². The van der Waals surface area contributed by atoms with Crippen LogP contribution < -0.4 is 4.74 Å². The van der Waals surface area contributed by atoms with Crippen LogP contribution in [-0.2, 0) is 6.54 Å². The van der Waals surface area contributed by atoms with Gasteiger partial charge >= 0.3 is 0 Å². The Kier molecular flexibility index (Phi) is 6.74. The number of hydrogen-bond donors (Lipinski definition) is 0. The highest BCUT2D eigenvalue weighted by Gasteiger charge is 2.16. The van der Waals surface area contributed by atoms with Crippen molar-refractivity contribution < 1.29 is 4.74 Å². The molecule has 0 bridgehead atoms. The van der Waals surface area contributed by atoms with Gasteiger partial charge in [0.05, 0.1) is 0 Å². The van der Waals surface area contributed by atoms with E-state index in [-0.39, 0.29) is 0 Å². The third kappa shape index (κ3) is 6.05. The maximum atomic E-state index is 5.97.